The van der Waals surface area contributed by atoms with Gasteiger partial charge in [-0.2, -0.15) is 0 Å². The van der Waals surface area contributed by atoms with Gasteiger partial charge >= 0.3 is 0 Å². The third-order valence-electron chi connectivity index (χ3n) is 3.01. The van der Waals surface area contributed by atoms with Gasteiger partial charge in [0.1, 0.15) is 5.75 Å². The van der Waals surface area contributed by atoms with E-state index in [1.807, 2.05) is 6.07 Å². The van der Waals surface area contributed by atoms with Crippen molar-refractivity contribution in [2.75, 3.05) is 11.5 Å². The molecule has 1 aliphatic rings. The minimum absolute atomic E-state index is 0.0810. The minimum atomic E-state index is -2.99. The quantitative estimate of drug-likeness (QED) is 0.755. The normalized spacial score (nSPS) is 28.8. The molecule has 2 unspecified atom stereocenters. The third kappa shape index (κ3) is 2.36. The predicted molar refractivity (Wildman–Crippen MR) is 62.1 cm³/mol. The van der Waals surface area contributed by atoms with Gasteiger partial charge in [0.15, 0.2) is 9.84 Å². The second-order valence-electron chi connectivity index (χ2n) is 4.27. The van der Waals surface area contributed by atoms with Crippen LogP contribution in [0.5, 0.6) is 5.75 Å². The highest BCUT2D eigenvalue weighted by molar-refractivity contribution is 7.91. The van der Waals surface area contributed by atoms with E-state index in [1.165, 1.54) is 0 Å². The first-order chi connectivity index (χ1) is 7.48. The summed E-state index contributed by atoms with van der Waals surface area (Å²) in [6.45, 7) is 0. The lowest BCUT2D eigenvalue weighted by molar-refractivity contribution is 0.469. The molecule has 1 fully saturated rings. The van der Waals surface area contributed by atoms with Gasteiger partial charge in [0.2, 0.25) is 0 Å². The standard InChI is InChI=1S/C11H15NO3S/c12-11-4-5-16(14,15)7-10(11)8-2-1-3-9(13)6-8/h1-3,6,10-11,13H,4-5,7,12H2. The minimum Gasteiger partial charge on any atom is -0.508 e. The number of hydrogen-bond acceptors (Lipinski definition) is 4. The summed E-state index contributed by atoms with van der Waals surface area (Å²) in [6, 6.07) is 6.52. The Bertz CT molecular complexity index is 484. The zero-order valence-electron chi connectivity index (χ0n) is 8.83. The zero-order valence-corrected chi connectivity index (χ0v) is 9.65. The number of sulfone groups is 1. The number of aromatic hydroxyl groups is 1. The number of phenolic OH excluding ortho intramolecular Hbond substituents is 1. The highest BCUT2D eigenvalue weighted by Gasteiger charge is 2.31. The summed E-state index contributed by atoms with van der Waals surface area (Å²) >= 11 is 0. The summed E-state index contributed by atoms with van der Waals surface area (Å²) < 4.78 is 23.1. The summed E-state index contributed by atoms with van der Waals surface area (Å²) in [5.74, 6) is 0.194. The van der Waals surface area contributed by atoms with Crippen molar-refractivity contribution in [3.8, 4) is 5.75 Å². The van der Waals surface area contributed by atoms with Crippen LogP contribution in [-0.4, -0.2) is 31.1 Å². The Labute approximate surface area is 95.0 Å². The largest absolute Gasteiger partial charge is 0.508 e. The van der Waals surface area contributed by atoms with Gasteiger partial charge in [-0.3, -0.25) is 0 Å². The van der Waals surface area contributed by atoms with E-state index < -0.39 is 9.84 Å². The van der Waals surface area contributed by atoms with Gasteiger partial charge in [0.05, 0.1) is 11.5 Å². The van der Waals surface area contributed by atoms with Crippen LogP contribution in [0.1, 0.15) is 17.9 Å². The molecule has 5 heteroatoms. The number of benzene rings is 1. The molecule has 0 aliphatic carbocycles. The third-order valence-corrected chi connectivity index (χ3v) is 4.74. The summed E-state index contributed by atoms with van der Waals surface area (Å²) in [5.41, 5.74) is 6.74. The Balaban J connectivity index is 2.32. The number of rotatable bonds is 1. The van der Waals surface area contributed by atoms with Crippen molar-refractivity contribution < 1.29 is 13.5 Å². The Morgan fingerprint density at radius 2 is 2.12 bits per heavy atom. The average Bonchev–Trinajstić information content (AvgIpc) is 2.22. The zero-order chi connectivity index (χ0) is 11.8. The molecule has 1 aliphatic heterocycles. The molecule has 0 radical (unpaired) electrons. The van der Waals surface area contributed by atoms with Crippen LogP contribution in [0.25, 0.3) is 0 Å². The molecular formula is C11H15NO3S. The maximum Gasteiger partial charge on any atom is 0.151 e. The molecule has 1 aromatic carbocycles. The van der Waals surface area contributed by atoms with Crippen molar-refractivity contribution in [1.82, 2.24) is 0 Å². The smallest absolute Gasteiger partial charge is 0.151 e. The summed E-state index contributed by atoms with van der Waals surface area (Å²) in [7, 11) is -2.99. The number of nitrogens with two attached hydrogens (primary N) is 1. The molecule has 4 nitrogen and oxygen atoms in total. The Morgan fingerprint density at radius 1 is 1.38 bits per heavy atom. The van der Waals surface area contributed by atoms with Crippen LogP contribution in [0, 0.1) is 0 Å². The summed E-state index contributed by atoms with van der Waals surface area (Å²) in [6.07, 6.45) is 0.489. The lowest BCUT2D eigenvalue weighted by Gasteiger charge is -2.28. The van der Waals surface area contributed by atoms with Crippen molar-refractivity contribution in [2.24, 2.45) is 5.73 Å². The van der Waals surface area contributed by atoms with Crippen molar-refractivity contribution in [1.29, 1.82) is 0 Å². The molecule has 0 saturated carbocycles. The maximum atomic E-state index is 11.5. The fraction of sp³-hybridized carbons (Fsp3) is 0.455. The Morgan fingerprint density at radius 3 is 2.81 bits per heavy atom. The van der Waals surface area contributed by atoms with E-state index >= 15 is 0 Å². The summed E-state index contributed by atoms with van der Waals surface area (Å²) in [5, 5.41) is 9.37. The topological polar surface area (TPSA) is 80.4 Å². The predicted octanol–water partition coefficient (Wildman–Crippen LogP) is 0.622. The van der Waals surface area contributed by atoms with Crippen LogP contribution >= 0.6 is 0 Å². The molecule has 0 bridgehead atoms. The first kappa shape index (κ1) is 11.4. The molecular weight excluding hydrogens is 226 g/mol. The van der Waals surface area contributed by atoms with E-state index in [-0.39, 0.29) is 29.2 Å². The highest BCUT2D eigenvalue weighted by Crippen LogP contribution is 2.29. The molecule has 2 atom stereocenters. The number of hydrogen-bond donors (Lipinski definition) is 2. The maximum absolute atomic E-state index is 11.5. The monoisotopic (exact) mass is 241 g/mol. The van der Waals surface area contributed by atoms with Crippen LogP contribution in [0.3, 0.4) is 0 Å². The highest BCUT2D eigenvalue weighted by atomic mass is 32.2. The van der Waals surface area contributed by atoms with E-state index in [1.54, 1.807) is 18.2 Å². The lowest BCUT2D eigenvalue weighted by Crippen LogP contribution is -2.40. The Hall–Kier alpha value is -1.07. The molecule has 1 heterocycles. The lowest BCUT2D eigenvalue weighted by atomic mass is 9.91. The van der Waals surface area contributed by atoms with Crippen molar-refractivity contribution in [3.63, 3.8) is 0 Å². The van der Waals surface area contributed by atoms with Crippen LogP contribution in [0.2, 0.25) is 0 Å². The van der Waals surface area contributed by atoms with Gasteiger partial charge < -0.3 is 10.8 Å². The molecule has 16 heavy (non-hydrogen) atoms. The second kappa shape index (κ2) is 4.07. The van der Waals surface area contributed by atoms with Gasteiger partial charge in [-0.1, -0.05) is 12.1 Å². The van der Waals surface area contributed by atoms with Gasteiger partial charge in [0, 0.05) is 12.0 Å². The SMILES string of the molecule is NC1CCS(=O)(=O)CC1c1cccc(O)c1. The van der Waals surface area contributed by atoms with E-state index in [4.69, 9.17) is 5.73 Å². The molecule has 1 aromatic rings. The van der Waals surface area contributed by atoms with Gasteiger partial charge in [-0.05, 0) is 24.1 Å². The van der Waals surface area contributed by atoms with Gasteiger partial charge in [-0.25, -0.2) is 8.42 Å². The van der Waals surface area contributed by atoms with E-state index in [9.17, 15) is 13.5 Å². The fourth-order valence-corrected chi connectivity index (χ4v) is 3.88. The van der Waals surface area contributed by atoms with Crippen molar-refractivity contribution in [2.45, 2.75) is 18.4 Å². The van der Waals surface area contributed by atoms with Crippen molar-refractivity contribution in [3.05, 3.63) is 29.8 Å². The molecule has 0 spiro atoms. The Kier molecular flexibility index (Phi) is 2.90. The summed E-state index contributed by atoms with van der Waals surface area (Å²) in [4.78, 5) is 0. The molecule has 2 rings (SSSR count). The molecule has 1 saturated heterocycles. The first-order valence-corrected chi connectivity index (χ1v) is 7.05. The van der Waals surface area contributed by atoms with Crippen LogP contribution < -0.4 is 5.73 Å². The van der Waals surface area contributed by atoms with E-state index in [0.717, 1.165) is 5.56 Å². The second-order valence-corrected chi connectivity index (χ2v) is 6.50. The fourth-order valence-electron chi connectivity index (χ4n) is 2.10. The van der Waals surface area contributed by atoms with E-state index in [0.29, 0.717) is 6.42 Å². The van der Waals surface area contributed by atoms with Crippen LogP contribution in [0.15, 0.2) is 24.3 Å². The van der Waals surface area contributed by atoms with Gasteiger partial charge in [-0.15, -0.1) is 0 Å². The van der Waals surface area contributed by atoms with Gasteiger partial charge in [0.25, 0.3) is 0 Å². The molecule has 0 amide bonds. The first-order valence-electron chi connectivity index (χ1n) is 5.23. The molecule has 3 N–H and O–H groups in total. The number of phenols is 1. The van der Waals surface area contributed by atoms with E-state index in [2.05, 4.69) is 0 Å². The van der Waals surface area contributed by atoms with Crippen molar-refractivity contribution >= 4 is 9.84 Å². The van der Waals surface area contributed by atoms with Crippen LogP contribution in [0.4, 0.5) is 0 Å². The average molecular weight is 241 g/mol. The molecule has 88 valence electrons. The van der Waals surface area contributed by atoms with Crippen LogP contribution in [-0.2, 0) is 9.84 Å². The molecule has 0 aromatic heterocycles.